The highest BCUT2D eigenvalue weighted by Crippen LogP contribution is 2.26. The maximum absolute atomic E-state index is 13.0. The van der Waals surface area contributed by atoms with Crippen molar-refractivity contribution in [3.8, 4) is 0 Å². The molecule has 0 aliphatic heterocycles. The van der Waals surface area contributed by atoms with Crippen LogP contribution in [-0.4, -0.2) is 30.8 Å². The molecule has 0 aliphatic rings. The average molecular weight is 298 g/mol. The van der Waals surface area contributed by atoms with E-state index >= 15 is 0 Å². The van der Waals surface area contributed by atoms with Gasteiger partial charge in [0.15, 0.2) is 5.16 Å². The molecule has 0 atom stereocenters. The van der Waals surface area contributed by atoms with Gasteiger partial charge in [-0.15, -0.1) is 5.10 Å². The zero-order valence-electron chi connectivity index (χ0n) is 10.5. The van der Waals surface area contributed by atoms with Crippen LogP contribution < -0.4 is 5.69 Å². The number of hydrogen-bond donors (Lipinski definition) is 2. The second-order valence-electron chi connectivity index (χ2n) is 3.88. The second kappa shape index (κ2) is 5.87. The van der Waals surface area contributed by atoms with Crippen LogP contribution >= 0.6 is 11.8 Å². The predicted molar refractivity (Wildman–Crippen MR) is 68.4 cm³/mol. The molecule has 0 aromatic carbocycles. The third-order valence-electron chi connectivity index (χ3n) is 2.41. The summed E-state index contributed by atoms with van der Waals surface area (Å²) in [6.07, 6.45) is 1.64. The summed E-state index contributed by atoms with van der Waals surface area (Å²) < 4.78 is 14.4. The Morgan fingerprint density at radius 3 is 3.00 bits per heavy atom. The van der Waals surface area contributed by atoms with Gasteiger partial charge in [-0.3, -0.25) is 4.57 Å². The van der Waals surface area contributed by atoms with Crippen molar-refractivity contribution in [3.05, 3.63) is 34.1 Å². The van der Waals surface area contributed by atoms with E-state index in [4.69, 9.17) is 5.11 Å². The lowest BCUT2D eigenvalue weighted by Crippen LogP contribution is -2.17. The van der Waals surface area contributed by atoms with Crippen LogP contribution in [0.3, 0.4) is 0 Å². The molecular weight excluding hydrogens is 287 g/mol. The van der Waals surface area contributed by atoms with Crippen molar-refractivity contribution in [2.75, 3.05) is 0 Å². The number of carboxylic acid groups (broad SMARTS) is 1. The molecule has 106 valence electrons. The van der Waals surface area contributed by atoms with Gasteiger partial charge in [-0.25, -0.2) is 24.1 Å². The van der Waals surface area contributed by atoms with Crippen LogP contribution in [0.25, 0.3) is 0 Å². The van der Waals surface area contributed by atoms with Crippen molar-refractivity contribution in [3.63, 3.8) is 0 Å². The summed E-state index contributed by atoms with van der Waals surface area (Å²) in [4.78, 5) is 26.3. The van der Waals surface area contributed by atoms with Gasteiger partial charge in [0.25, 0.3) is 0 Å². The van der Waals surface area contributed by atoms with Gasteiger partial charge in [-0.2, -0.15) is 0 Å². The van der Waals surface area contributed by atoms with Gasteiger partial charge in [-0.05, 0) is 24.2 Å². The Morgan fingerprint density at radius 1 is 1.60 bits per heavy atom. The number of rotatable bonds is 5. The monoisotopic (exact) mass is 298 g/mol. The number of hydrogen-bond acceptors (Lipinski definition) is 5. The quantitative estimate of drug-likeness (QED) is 0.864. The number of aromatic carboxylic acids is 1. The van der Waals surface area contributed by atoms with E-state index < -0.39 is 11.8 Å². The number of aromatic nitrogens is 4. The van der Waals surface area contributed by atoms with Crippen LogP contribution in [0.5, 0.6) is 0 Å². The molecule has 7 nitrogen and oxygen atoms in total. The molecule has 0 fully saturated rings. The molecule has 0 aliphatic carbocycles. The van der Waals surface area contributed by atoms with E-state index in [9.17, 15) is 14.0 Å². The van der Waals surface area contributed by atoms with Crippen molar-refractivity contribution in [1.29, 1.82) is 0 Å². The van der Waals surface area contributed by atoms with Crippen LogP contribution in [0.2, 0.25) is 0 Å². The van der Waals surface area contributed by atoms with Gasteiger partial charge in [0.1, 0.15) is 10.8 Å². The van der Waals surface area contributed by atoms with E-state index in [1.165, 1.54) is 4.57 Å². The maximum Gasteiger partial charge on any atom is 0.343 e. The predicted octanol–water partition coefficient (Wildman–Crippen LogP) is 1.36. The topological polar surface area (TPSA) is 101 Å². The Kier molecular flexibility index (Phi) is 4.18. The Labute approximate surface area is 116 Å². The molecule has 0 radical (unpaired) electrons. The molecule has 0 amide bonds. The number of nitrogens with zero attached hydrogens (tertiary/aromatic N) is 3. The first-order valence-corrected chi connectivity index (χ1v) is 6.56. The molecule has 2 aromatic rings. The van der Waals surface area contributed by atoms with Crippen LogP contribution in [0.1, 0.15) is 23.7 Å². The van der Waals surface area contributed by atoms with Gasteiger partial charge in [0, 0.05) is 6.54 Å². The molecule has 20 heavy (non-hydrogen) atoms. The molecule has 2 heterocycles. The van der Waals surface area contributed by atoms with Crippen LogP contribution in [-0.2, 0) is 6.54 Å². The van der Waals surface area contributed by atoms with Gasteiger partial charge >= 0.3 is 11.7 Å². The third-order valence-corrected chi connectivity index (χ3v) is 3.42. The highest BCUT2D eigenvalue weighted by atomic mass is 32.2. The van der Waals surface area contributed by atoms with E-state index in [0.29, 0.717) is 11.7 Å². The molecule has 0 saturated carbocycles. The molecule has 0 spiro atoms. The molecule has 0 saturated heterocycles. The molecule has 2 N–H and O–H groups in total. The fourth-order valence-electron chi connectivity index (χ4n) is 1.55. The SMILES string of the molecule is CCCn1c(Sc2ncc(F)cc2C(=O)O)n[nH]c1=O. The minimum Gasteiger partial charge on any atom is -0.478 e. The summed E-state index contributed by atoms with van der Waals surface area (Å²) >= 11 is 0.901. The van der Waals surface area contributed by atoms with E-state index in [-0.39, 0.29) is 16.3 Å². The molecular formula is C11H11FN4O3S. The minimum absolute atomic E-state index is 0.0789. The third kappa shape index (κ3) is 2.87. The Hall–Kier alpha value is -2.16. The van der Waals surface area contributed by atoms with E-state index in [2.05, 4.69) is 15.2 Å². The standard InChI is InChI=1S/C11H11FN4O3S/c1-2-3-16-10(19)14-15-11(16)20-8-7(9(17)18)4-6(12)5-13-8/h4-5H,2-3H2,1H3,(H,14,19)(H,17,18). The Morgan fingerprint density at radius 2 is 2.35 bits per heavy atom. The van der Waals surface area contributed by atoms with Crippen LogP contribution in [0.15, 0.2) is 27.2 Å². The number of pyridine rings is 1. The van der Waals surface area contributed by atoms with E-state index in [1.54, 1.807) is 0 Å². The summed E-state index contributed by atoms with van der Waals surface area (Å²) in [7, 11) is 0. The fourth-order valence-corrected chi connectivity index (χ4v) is 2.46. The fraction of sp³-hybridized carbons (Fsp3) is 0.273. The molecule has 2 aromatic heterocycles. The number of carboxylic acids is 1. The van der Waals surface area contributed by atoms with Crippen molar-refractivity contribution in [1.82, 2.24) is 19.7 Å². The number of halogens is 1. The smallest absolute Gasteiger partial charge is 0.343 e. The molecule has 0 unspecified atom stereocenters. The summed E-state index contributed by atoms with van der Waals surface area (Å²) in [5, 5.41) is 15.5. The summed E-state index contributed by atoms with van der Waals surface area (Å²) in [5.74, 6) is -2.03. The molecule has 9 heteroatoms. The average Bonchev–Trinajstić information content (AvgIpc) is 2.74. The van der Waals surface area contributed by atoms with Crippen LogP contribution in [0, 0.1) is 5.82 Å². The van der Waals surface area contributed by atoms with Gasteiger partial charge in [0.2, 0.25) is 0 Å². The van der Waals surface area contributed by atoms with Gasteiger partial charge < -0.3 is 5.11 Å². The highest BCUT2D eigenvalue weighted by molar-refractivity contribution is 7.99. The number of nitrogens with one attached hydrogen (secondary N) is 1. The Bertz CT molecular complexity index is 697. The lowest BCUT2D eigenvalue weighted by molar-refractivity contribution is 0.0691. The van der Waals surface area contributed by atoms with Crippen LogP contribution in [0.4, 0.5) is 4.39 Å². The first-order chi connectivity index (χ1) is 9.52. The zero-order chi connectivity index (χ0) is 14.7. The number of carbonyl (C=O) groups is 1. The number of H-pyrrole nitrogens is 1. The second-order valence-corrected chi connectivity index (χ2v) is 4.83. The molecule has 0 bridgehead atoms. The Balaban J connectivity index is 2.40. The summed E-state index contributed by atoms with van der Waals surface area (Å²) in [5.41, 5.74) is -0.651. The molecule has 2 rings (SSSR count). The first kappa shape index (κ1) is 14.3. The minimum atomic E-state index is -1.29. The largest absolute Gasteiger partial charge is 0.478 e. The van der Waals surface area contributed by atoms with E-state index in [0.717, 1.165) is 30.4 Å². The van der Waals surface area contributed by atoms with Crippen molar-refractivity contribution < 1.29 is 14.3 Å². The van der Waals surface area contributed by atoms with Crippen molar-refractivity contribution in [2.24, 2.45) is 0 Å². The lowest BCUT2D eigenvalue weighted by atomic mass is 10.3. The van der Waals surface area contributed by atoms with Gasteiger partial charge in [0.05, 0.1) is 11.8 Å². The summed E-state index contributed by atoms with van der Waals surface area (Å²) in [6, 6.07) is 0.882. The summed E-state index contributed by atoms with van der Waals surface area (Å²) in [6.45, 7) is 2.34. The normalized spacial score (nSPS) is 10.7. The highest BCUT2D eigenvalue weighted by Gasteiger charge is 2.17. The maximum atomic E-state index is 13.0. The van der Waals surface area contributed by atoms with Gasteiger partial charge in [-0.1, -0.05) is 6.92 Å². The first-order valence-electron chi connectivity index (χ1n) is 5.74. The number of aromatic amines is 1. The zero-order valence-corrected chi connectivity index (χ0v) is 11.3. The van der Waals surface area contributed by atoms with Crippen molar-refractivity contribution in [2.45, 2.75) is 30.1 Å². The van der Waals surface area contributed by atoms with Crippen molar-refractivity contribution >= 4 is 17.7 Å². The lowest BCUT2D eigenvalue weighted by Gasteiger charge is -2.05. The van der Waals surface area contributed by atoms with E-state index in [1.807, 2.05) is 6.92 Å².